The topological polar surface area (TPSA) is 36.9 Å². The predicted octanol–water partition coefficient (Wildman–Crippen LogP) is 2.60. The zero-order valence-corrected chi connectivity index (χ0v) is 11.3. The van der Waals surface area contributed by atoms with Gasteiger partial charge in [0.05, 0.1) is 12.2 Å². The first-order valence-electron chi connectivity index (χ1n) is 7.43. The van der Waals surface area contributed by atoms with Crippen molar-refractivity contribution in [3.63, 3.8) is 0 Å². The summed E-state index contributed by atoms with van der Waals surface area (Å²) >= 11 is 0. The Balaban J connectivity index is 1.60. The van der Waals surface area contributed by atoms with E-state index in [0.717, 1.165) is 32.1 Å². The fourth-order valence-corrected chi connectivity index (χ4v) is 3.25. The van der Waals surface area contributed by atoms with Crippen LogP contribution < -0.4 is 0 Å². The third-order valence-corrected chi connectivity index (χ3v) is 4.12. The maximum absolute atomic E-state index is 6.16. The predicted molar refractivity (Wildman–Crippen MR) is 66.1 cm³/mol. The molecule has 104 valence electrons. The molecule has 3 aliphatic heterocycles. The van der Waals surface area contributed by atoms with Crippen molar-refractivity contribution in [2.45, 2.75) is 89.4 Å². The molecule has 0 N–H and O–H groups in total. The largest absolute Gasteiger partial charge is 0.369 e. The Bertz CT molecular complexity index is 283. The molecule has 0 aromatic rings. The first kappa shape index (κ1) is 12.9. The first-order valence-corrected chi connectivity index (χ1v) is 7.43. The summed E-state index contributed by atoms with van der Waals surface area (Å²) in [5.74, 6) is 0. The third kappa shape index (κ3) is 2.31. The summed E-state index contributed by atoms with van der Waals surface area (Å²) in [5, 5.41) is 0. The zero-order valence-electron chi connectivity index (χ0n) is 11.3. The van der Waals surface area contributed by atoms with Gasteiger partial charge in [-0.1, -0.05) is 26.7 Å². The van der Waals surface area contributed by atoms with Crippen LogP contribution in [0.25, 0.3) is 0 Å². The number of hydrogen-bond donors (Lipinski definition) is 0. The summed E-state index contributed by atoms with van der Waals surface area (Å²) in [4.78, 5) is 0. The van der Waals surface area contributed by atoms with Crippen LogP contribution in [-0.4, -0.2) is 37.0 Å². The van der Waals surface area contributed by atoms with Gasteiger partial charge < -0.3 is 18.9 Å². The highest BCUT2D eigenvalue weighted by Gasteiger charge is 2.54. The van der Waals surface area contributed by atoms with E-state index in [2.05, 4.69) is 13.8 Å². The Labute approximate surface area is 109 Å². The van der Waals surface area contributed by atoms with E-state index in [4.69, 9.17) is 18.9 Å². The highest BCUT2D eigenvalue weighted by Crippen LogP contribution is 2.40. The molecule has 0 spiro atoms. The molecule has 3 rings (SSSR count). The maximum Gasteiger partial charge on any atom is 0.189 e. The fraction of sp³-hybridized carbons (Fsp3) is 1.00. The lowest BCUT2D eigenvalue weighted by molar-refractivity contribution is -0.195. The zero-order chi connectivity index (χ0) is 12.5. The molecule has 4 nitrogen and oxygen atoms in total. The standard InChI is InChI=1S/C14H24O4/c1-3-5-9-7-8-10-12(15-9)13-14(16-10)18-11(17-13)6-4-2/h9-14H,3-8H2,1-2H3/t9?,10?,11?,12?,13-,14-/m1/s1. The lowest BCUT2D eigenvalue weighted by Gasteiger charge is -2.33. The van der Waals surface area contributed by atoms with E-state index >= 15 is 0 Å². The summed E-state index contributed by atoms with van der Waals surface area (Å²) in [6.45, 7) is 4.34. The number of hydrogen-bond acceptors (Lipinski definition) is 4. The molecule has 4 heteroatoms. The van der Waals surface area contributed by atoms with Gasteiger partial charge in [-0.2, -0.15) is 0 Å². The van der Waals surface area contributed by atoms with Gasteiger partial charge in [-0.05, 0) is 25.7 Å². The lowest BCUT2D eigenvalue weighted by Crippen LogP contribution is -2.42. The second-order valence-corrected chi connectivity index (χ2v) is 5.59. The lowest BCUT2D eigenvalue weighted by atomic mass is 9.97. The molecule has 0 amide bonds. The summed E-state index contributed by atoms with van der Waals surface area (Å²) in [6, 6.07) is 0. The monoisotopic (exact) mass is 256 g/mol. The van der Waals surface area contributed by atoms with Gasteiger partial charge in [0, 0.05) is 0 Å². The Kier molecular flexibility index (Phi) is 3.89. The van der Waals surface area contributed by atoms with E-state index < -0.39 is 0 Å². The quantitative estimate of drug-likeness (QED) is 0.774. The molecule has 0 bridgehead atoms. The van der Waals surface area contributed by atoms with Crippen molar-refractivity contribution in [1.29, 1.82) is 0 Å². The Hall–Kier alpha value is -0.160. The first-order chi connectivity index (χ1) is 8.81. The Morgan fingerprint density at radius 3 is 2.44 bits per heavy atom. The molecule has 4 unspecified atom stereocenters. The minimum atomic E-state index is -0.197. The summed E-state index contributed by atoms with van der Waals surface area (Å²) in [5.41, 5.74) is 0. The molecule has 3 fully saturated rings. The van der Waals surface area contributed by atoms with Gasteiger partial charge in [0.25, 0.3) is 0 Å². The van der Waals surface area contributed by atoms with Gasteiger partial charge in [0.2, 0.25) is 0 Å². The molecule has 0 aliphatic carbocycles. The number of rotatable bonds is 4. The fourth-order valence-electron chi connectivity index (χ4n) is 3.25. The van der Waals surface area contributed by atoms with Gasteiger partial charge in [-0.3, -0.25) is 0 Å². The maximum atomic E-state index is 6.16. The van der Waals surface area contributed by atoms with E-state index in [-0.39, 0.29) is 30.9 Å². The molecule has 3 heterocycles. The van der Waals surface area contributed by atoms with Crippen LogP contribution >= 0.6 is 0 Å². The smallest absolute Gasteiger partial charge is 0.189 e. The van der Waals surface area contributed by atoms with Crippen molar-refractivity contribution in [1.82, 2.24) is 0 Å². The third-order valence-electron chi connectivity index (χ3n) is 4.12. The van der Waals surface area contributed by atoms with E-state index in [1.807, 2.05) is 0 Å². The van der Waals surface area contributed by atoms with Gasteiger partial charge in [0.15, 0.2) is 12.6 Å². The molecule has 0 aromatic heterocycles. The van der Waals surface area contributed by atoms with Crippen LogP contribution in [0, 0.1) is 0 Å². The SMILES string of the molecule is CCCC1CCC2O[C@@H]3OC(CCC)O[C@@H]3C2O1. The molecule has 0 aromatic carbocycles. The minimum absolute atomic E-state index is 0.00814. The van der Waals surface area contributed by atoms with Crippen LogP contribution in [0.3, 0.4) is 0 Å². The van der Waals surface area contributed by atoms with Crippen LogP contribution in [0.1, 0.15) is 52.4 Å². The summed E-state index contributed by atoms with van der Waals surface area (Å²) in [7, 11) is 0. The van der Waals surface area contributed by atoms with Crippen LogP contribution in [0.5, 0.6) is 0 Å². The van der Waals surface area contributed by atoms with Crippen LogP contribution in [0.15, 0.2) is 0 Å². The van der Waals surface area contributed by atoms with E-state index in [0.29, 0.717) is 6.10 Å². The van der Waals surface area contributed by atoms with Gasteiger partial charge >= 0.3 is 0 Å². The highest BCUT2D eigenvalue weighted by atomic mass is 16.8. The van der Waals surface area contributed by atoms with Crippen LogP contribution in [-0.2, 0) is 18.9 Å². The Morgan fingerprint density at radius 1 is 0.833 bits per heavy atom. The molecule has 18 heavy (non-hydrogen) atoms. The number of ether oxygens (including phenoxy) is 4. The van der Waals surface area contributed by atoms with E-state index in [9.17, 15) is 0 Å². The van der Waals surface area contributed by atoms with Gasteiger partial charge in [-0.25, -0.2) is 0 Å². The Morgan fingerprint density at radius 2 is 1.67 bits per heavy atom. The van der Waals surface area contributed by atoms with Crippen molar-refractivity contribution >= 4 is 0 Å². The second-order valence-electron chi connectivity index (χ2n) is 5.59. The molecular formula is C14H24O4. The molecule has 0 radical (unpaired) electrons. The molecule has 3 aliphatic rings. The van der Waals surface area contributed by atoms with Crippen molar-refractivity contribution in [3.05, 3.63) is 0 Å². The molecule has 6 atom stereocenters. The van der Waals surface area contributed by atoms with Gasteiger partial charge in [-0.15, -0.1) is 0 Å². The highest BCUT2D eigenvalue weighted by molar-refractivity contribution is 4.95. The van der Waals surface area contributed by atoms with Crippen LogP contribution in [0.4, 0.5) is 0 Å². The second kappa shape index (κ2) is 5.45. The average molecular weight is 256 g/mol. The van der Waals surface area contributed by atoms with E-state index in [1.54, 1.807) is 0 Å². The normalized spacial score (nSPS) is 47.0. The van der Waals surface area contributed by atoms with Crippen molar-refractivity contribution in [2.24, 2.45) is 0 Å². The van der Waals surface area contributed by atoms with Gasteiger partial charge in [0.1, 0.15) is 12.2 Å². The van der Waals surface area contributed by atoms with Crippen molar-refractivity contribution < 1.29 is 18.9 Å². The van der Waals surface area contributed by atoms with Crippen molar-refractivity contribution in [2.75, 3.05) is 0 Å². The van der Waals surface area contributed by atoms with E-state index in [1.165, 1.54) is 6.42 Å². The molecule has 3 saturated heterocycles. The van der Waals surface area contributed by atoms with Crippen molar-refractivity contribution in [3.8, 4) is 0 Å². The summed E-state index contributed by atoms with van der Waals surface area (Å²) < 4.78 is 23.8. The summed E-state index contributed by atoms with van der Waals surface area (Å²) in [6.07, 6.45) is 6.84. The molecule has 0 saturated carbocycles. The number of fused-ring (bicyclic) bond motifs is 3. The average Bonchev–Trinajstić information content (AvgIpc) is 2.87. The molecular weight excluding hydrogens is 232 g/mol. The minimum Gasteiger partial charge on any atom is -0.369 e. The van der Waals surface area contributed by atoms with Crippen LogP contribution in [0.2, 0.25) is 0 Å².